The number of rotatable bonds is 12. The summed E-state index contributed by atoms with van der Waals surface area (Å²) in [4.78, 5) is 61.2. The number of aliphatic carboxylic acids is 6. The van der Waals surface area contributed by atoms with Crippen LogP contribution in [0.3, 0.4) is 0 Å². The fourth-order valence-electron chi connectivity index (χ4n) is 1.43. The molecule has 0 aromatic rings. The van der Waals surface area contributed by atoms with Gasteiger partial charge in [-0.25, -0.2) is 0 Å². The van der Waals surface area contributed by atoms with Gasteiger partial charge in [0.15, 0.2) is 0 Å². The number of nitrogens with zero attached hydrogens (tertiary/aromatic N) is 2. The summed E-state index contributed by atoms with van der Waals surface area (Å²) < 4.78 is 0. The molecule has 0 radical (unpaired) electrons. The Labute approximate surface area is 230 Å². The molecule has 0 fully saturated rings. The second kappa shape index (κ2) is 22.4. The van der Waals surface area contributed by atoms with Gasteiger partial charge < -0.3 is 59.4 Å². The van der Waals surface area contributed by atoms with Gasteiger partial charge in [-0.15, -0.1) is 0 Å². The van der Waals surface area contributed by atoms with Crippen LogP contribution in [0.2, 0.25) is 0 Å². The molecular formula is C12H12N2Na3O12-3. The zero-order valence-electron chi connectivity index (χ0n) is 16.0. The van der Waals surface area contributed by atoms with E-state index in [2.05, 4.69) is 0 Å². The van der Waals surface area contributed by atoms with Crippen molar-refractivity contribution < 1.29 is 148 Å². The maximum Gasteiger partial charge on any atom is 1.00 e. The van der Waals surface area contributed by atoms with Crippen LogP contribution in [0.5, 0.6) is 0 Å². The van der Waals surface area contributed by atoms with Crippen molar-refractivity contribution in [3.05, 3.63) is 0 Å². The molecule has 0 bridgehead atoms. The largest absolute Gasteiger partial charge is 1.00 e. The molecule has 29 heavy (non-hydrogen) atoms. The molecule has 17 heteroatoms. The van der Waals surface area contributed by atoms with Gasteiger partial charge in [0.25, 0.3) is 0 Å². The smallest absolute Gasteiger partial charge is 0.549 e. The normalized spacial score (nSPS) is 8.90. The average molecular weight is 445 g/mol. The molecule has 0 aliphatic heterocycles. The molecule has 0 saturated heterocycles. The Bertz CT molecular complexity index is 436. The van der Waals surface area contributed by atoms with Gasteiger partial charge in [-0.3, -0.25) is 9.80 Å². The van der Waals surface area contributed by atoms with Gasteiger partial charge in [0, 0.05) is 39.3 Å². The zero-order valence-corrected chi connectivity index (χ0v) is 22.0. The van der Waals surface area contributed by atoms with Crippen molar-refractivity contribution in [1.29, 1.82) is 0 Å². The van der Waals surface area contributed by atoms with Gasteiger partial charge in [0.05, 0.1) is 35.8 Å². The number of hydrogen-bond acceptors (Lipinski definition) is 14. The van der Waals surface area contributed by atoms with E-state index in [9.17, 15) is 59.4 Å². The molecule has 0 aromatic heterocycles. The fraction of sp³-hybridized carbons (Fsp3) is 0.500. The standard InChI is InChI=1S/2C6H9NO6.3Na/c2*8-4(9)1-7(2-5(10)11)3-6(12)13;;;/h2*1-3H2,(H,8,9)(H,10,11)(H,12,13);;;/q;;3*+1/p-6. The number of hydrogen-bond donors (Lipinski definition) is 0. The van der Waals surface area contributed by atoms with Crippen LogP contribution in [0.1, 0.15) is 0 Å². The van der Waals surface area contributed by atoms with E-state index < -0.39 is 75.1 Å². The van der Waals surface area contributed by atoms with Crippen molar-refractivity contribution >= 4 is 35.8 Å². The van der Waals surface area contributed by atoms with E-state index in [1.165, 1.54) is 0 Å². The fourth-order valence-corrected chi connectivity index (χ4v) is 1.43. The molecule has 0 N–H and O–H groups in total. The summed E-state index contributed by atoms with van der Waals surface area (Å²) in [5.41, 5.74) is 0. The van der Waals surface area contributed by atoms with Gasteiger partial charge in [-0.05, 0) is 0 Å². The van der Waals surface area contributed by atoms with Gasteiger partial charge in [0.1, 0.15) is 0 Å². The Morgan fingerprint density at radius 2 is 0.483 bits per heavy atom. The molecule has 0 unspecified atom stereocenters. The molecule has 0 aliphatic rings. The first-order chi connectivity index (χ1) is 11.8. The van der Waals surface area contributed by atoms with Crippen LogP contribution in [0.25, 0.3) is 0 Å². The van der Waals surface area contributed by atoms with Crippen LogP contribution in [0.15, 0.2) is 0 Å². The number of carboxylic acid groups (broad SMARTS) is 6. The minimum Gasteiger partial charge on any atom is -0.549 e. The summed E-state index contributed by atoms with van der Waals surface area (Å²) >= 11 is 0. The zero-order chi connectivity index (χ0) is 20.9. The van der Waals surface area contributed by atoms with Crippen LogP contribution >= 0.6 is 0 Å². The average Bonchev–Trinajstić information content (AvgIpc) is 2.33. The van der Waals surface area contributed by atoms with E-state index in [0.717, 1.165) is 0 Å². The van der Waals surface area contributed by atoms with Gasteiger partial charge in [-0.1, -0.05) is 0 Å². The maximum atomic E-state index is 9.99. The second-order valence-electron chi connectivity index (χ2n) is 4.52. The first-order valence-electron chi connectivity index (χ1n) is 6.47. The Morgan fingerprint density at radius 1 is 0.379 bits per heavy atom. The Balaban J connectivity index is -0.000000120. The number of carbonyl (C=O) groups excluding carboxylic acids is 6. The first kappa shape index (κ1) is 39.2. The summed E-state index contributed by atoms with van der Waals surface area (Å²) in [6.07, 6.45) is 0. The third-order valence-electron chi connectivity index (χ3n) is 2.12. The predicted molar refractivity (Wildman–Crippen MR) is 62.9 cm³/mol. The molecule has 0 spiro atoms. The van der Waals surface area contributed by atoms with E-state index in [-0.39, 0.29) is 88.7 Å². The summed E-state index contributed by atoms with van der Waals surface area (Å²) in [6.45, 7) is -4.74. The topological polar surface area (TPSA) is 247 Å². The molecule has 0 amide bonds. The van der Waals surface area contributed by atoms with Gasteiger partial charge in [-0.2, -0.15) is 0 Å². The van der Waals surface area contributed by atoms with Crippen LogP contribution in [0.4, 0.5) is 0 Å². The number of carbonyl (C=O) groups is 6. The third-order valence-corrected chi connectivity index (χ3v) is 2.12. The van der Waals surface area contributed by atoms with Crippen molar-refractivity contribution in [3.8, 4) is 0 Å². The summed E-state index contributed by atoms with van der Waals surface area (Å²) in [6, 6.07) is 0. The minimum absolute atomic E-state index is 0. The third kappa shape index (κ3) is 32.6. The summed E-state index contributed by atoms with van der Waals surface area (Å²) in [7, 11) is 0. The summed E-state index contributed by atoms with van der Waals surface area (Å²) in [5, 5.41) is 60.0. The Hall–Kier alpha value is -0.260. The molecular weight excluding hydrogens is 433 g/mol. The van der Waals surface area contributed by atoms with E-state index in [4.69, 9.17) is 0 Å². The van der Waals surface area contributed by atoms with E-state index in [0.29, 0.717) is 9.80 Å². The molecule has 0 aromatic carbocycles. The quantitative estimate of drug-likeness (QED) is 0.253. The summed E-state index contributed by atoms with van der Waals surface area (Å²) in [5.74, 6) is -9.40. The molecule has 0 atom stereocenters. The molecule has 0 rings (SSSR count). The Morgan fingerprint density at radius 3 is 0.552 bits per heavy atom. The van der Waals surface area contributed by atoms with Crippen LogP contribution in [-0.4, -0.2) is 84.9 Å². The van der Waals surface area contributed by atoms with Crippen molar-refractivity contribution in [2.75, 3.05) is 39.3 Å². The molecule has 0 aliphatic carbocycles. The molecule has 0 heterocycles. The van der Waals surface area contributed by atoms with Crippen LogP contribution in [0, 0.1) is 0 Å². The van der Waals surface area contributed by atoms with E-state index in [1.54, 1.807) is 0 Å². The molecule has 14 nitrogen and oxygen atoms in total. The van der Waals surface area contributed by atoms with Crippen LogP contribution in [-0.2, 0) is 28.8 Å². The van der Waals surface area contributed by atoms with Crippen molar-refractivity contribution in [2.45, 2.75) is 0 Å². The van der Waals surface area contributed by atoms with E-state index in [1.807, 2.05) is 0 Å². The first-order valence-corrected chi connectivity index (χ1v) is 6.47. The Kier molecular flexibility index (Phi) is 30.3. The van der Waals surface area contributed by atoms with E-state index >= 15 is 0 Å². The van der Waals surface area contributed by atoms with Crippen LogP contribution < -0.4 is 119 Å². The minimum atomic E-state index is -1.57. The van der Waals surface area contributed by atoms with Gasteiger partial charge >= 0.3 is 88.7 Å². The number of carboxylic acids is 6. The van der Waals surface area contributed by atoms with Gasteiger partial charge in [0.2, 0.25) is 0 Å². The maximum absolute atomic E-state index is 9.99. The van der Waals surface area contributed by atoms with Crippen molar-refractivity contribution in [2.24, 2.45) is 0 Å². The predicted octanol–water partition coefficient (Wildman–Crippen LogP) is -19.9. The van der Waals surface area contributed by atoms with Crippen molar-refractivity contribution in [1.82, 2.24) is 9.80 Å². The van der Waals surface area contributed by atoms with Crippen molar-refractivity contribution in [3.63, 3.8) is 0 Å². The second-order valence-corrected chi connectivity index (χ2v) is 4.52. The monoisotopic (exact) mass is 445 g/mol. The SMILES string of the molecule is O=C([O-])CN(CC(=O)[O-])CC(=O)[O-].O=C([O-])CN(CC(=O)[O-])CC(=O)[O-].[Na+].[Na+].[Na+]. The molecule has 0 saturated carbocycles. The molecule has 148 valence electrons.